The van der Waals surface area contributed by atoms with Gasteiger partial charge in [-0.05, 0) is 18.5 Å². The van der Waals surface area contributed by atoms with Gasteiger partial charge in [0.2, 0.25) is 0 Å². The van der Waals surface area contributed by atoms with Gasteiger partial charge < -0.3 is 5.32 Å². The molecular weight excluding hydrogens is 156 g/mol. The zero-order valence-electron chi connectivity index (χ0n) is 6.21. The standard InChI is InChI=1S/C8H10N2S/c1-3-9-4-2-7(1)8-5-11-6-10-8/h1,5-6,9H,2-4H2. The van der Waals surface area contributed by atoms with Crippen LogP contribution in [0.15, 0.2) is 17.0 Å². The summed E-state index contributed by atoms with van der Waals surface area (Å²) in [4.78, 5) is 4.26. The maximum Gasteiger partial charge on any atom is 0.0798 e. The van der Waals surface area contributed by atoms with Gasteiger partial charge in [0, 0.05) is 11.9 Å². The summed E-state index contributed by atoms with van der Waals surface area (Å²) in [6.45, 7) is 2.08. The van der Waals surface area contributed by atoms with E-state index >= 15 is 0 Å². The lowest BCUT2D eigenvalue weighted by Gasteiger charge is -2.11. The Morgan fingerprint density at radius 1 is 1.55 bits per heavy atom. The van der Waals surface area contributed by atoms with Crippen LogP contribution < -0.4 is 5.32 Å². The normalized spacial score (nSPS) is 18.0. The van der Waals surface area contributed by atoms with Crippen LogP contribution in [0.2, 0.25) is 0 Å². The van der Waals surface area contributed by atoms with Crippen molar-refractivity contribution >= 4 is 16.9 Å². The summed E-state index contributed by atoms with van der Waals surface area (Å²) in [7, 11) is 0. The molecule has 0 saturated heterocycles. The fourth-order valence-corrected chi connectivity index (χ4v) is 1.80. The first-order chi connectivity index (χ1) is 5.47. The molecule has 0 atom stereocenters. The zero-order chi connectivity index (χ0) is 7.52. The van der Waals surface area contributed by atoms with Gasteiger partial charge in [0.1, 0.15) is 0 Å². The van der Waals surface area contributed by atoms with Crippen molar-refractivity contribution in [1.82, 2.24) is 10.3 Å². The smallest absolute Gasteiger partial charge is 0.0798 e. The maximum atomic E-state index is 4.26. The lowest BCUT2D eigenvalue weighted by molar-refractivity contribution is 0.737. The fourth-order valence-electron chi connectivity index (χ4n) is 1.23. The molecule has 0 fully saturated rings. The predicted octanol–water partition coefficient (Wildman–Crippen LogP) is 1.52. The zero-order valence-corrected chi connectivity index (χ0v) is 7.03. The van der Waals surface area contributed by atoms with Crippen LogP contribution in [-0.2, 0) is 0 Å². The SMILES string of the molecule is C1=C(c2cscn2)CCNC1. The van der Waals surface area contributed by atoms with Crippen molar-refractivity contribution in [1.29, 1.82) is 0 Å². The average molecular weight is 166 g/mol. The van der Waals surface area contributed by atoms with E-state index < -0.39 is 0 Å². The summed E-state index contributed by atoms with van der Waals surface area (Å²) in [5.41, 5.74) is 4.44. The second kappa shape index (κ2) is 3.15. The van der Waals surface area contributed by atoms with Crippen LogP contribution in [0.4, 0.5) is 0 Å². The molecule has 58 valence electrons. The van der Waals surface area contributed by atoms with Gasteiger partial charge in [-0.25, -0.2) is 4.98 Å². The highest BCUT2D eigenvalue weighted by molar-refractivity contribution is 7.07. The molecule has 2 rings (SSSR count). The third-order valence-electron chi connectivity index (χ3n) is 1.83. The summed E-state index contributed by atoms with van der Waals surface area (Å²) < 4.78 is 0. The summed E-state index contributed by atoms with van der Waals surface area (Å²) >= 11 is 1.66. The molecule has 3 heteroatoms. The van der Waals surface area contributed by atoms with Crippen molar-refractivity contribution in [3.8, 4) is 0 Å². The van der Waals surface area contributed by atoms with Gasteiger partial charge in [-0.3, -0.25) is 0 Å². The molecule has 0 spiro atoms. The molecule has 11 heavy (non-hydrogen) atoms. The van der Waals surface area contributed by atoms with Crippen LogP contribution >= 0.6 is 11.3 Å². The van der Waals surface area contributed by atoms with E-state index in [0.717, 1.165) is 25.2 Å². The first kappa shape index (κ1) is 7.00. The molecule has 1 aromatic rings. The molecule has 2 nitrogen and oxygen atoms in total. The Morgan fingerprint density at radius 2 is 2.55 bits per heavy atom. The lowest BCUT2D eigenvalue weighted by atomic mass is 10.1. The van der Waals surface area contributed by atoms with Crippen molar-refractivity contribution in [2.75, 3.05) is 13.1 Å². The van der Waals surface area contributed by atoms with Crippen molar-refractivity contribution in [3.05, 3.63) is 22.7 Å². The molecule has 0 radical (unpaired) electrons. The molecule has 2 heterocycles. The molecule has 0 aromatic carbocycles. The summed E-state index contributed by atoms with van der Waals surface area (Å²) in [6.07, 6.45) is 3.34. The molecule has 0 amide bonds. The van der Waals surface area contributed by atoms with Gasteiger partial charge in [0.05, 0.1) is 11.2 Å². The maximum absolute atomic E-state index is 4.26. The van der Waals surface area contributed by atoms with E-state index in [4.69, 9.17) is 0 Å². The van der Waals surface area contributed by atoms with Gasteiger partial charge in [0.25, 0.3) is 0 Å². The second-order valence-electron chi connectivity index (χ2n) is 2.56. The van der Waals surface area contributed by atoms with Crippen LogP contribution in [-0.4, -0.2) is 18.1 Å². The van der Waals surface area contributed by atoms with Crippen LogP contribution in [0, 0.1) is 0 Å². The summed E-state index contributed by atoms with van der Waals surface area (Å²) in [5, 5.41) is 5.38. The highest BCUT2D eigenvalue weighted by atomic mass is 32.1. The van der Waals surface area contributed by atoms with Crippen molar-refractivity contribution in [2.45, 2.75) is 6.42 Å². The molecule has 1 aliphatic heterocycles. The van der Waals surface area contributed by atoms with Crippen LogP contribution in [0.25, 0.3) is 5.57 Å². The highest BCUT2D eigenvalue weighted by Crippen LogP contribution is 2.18. The molecule has 0 bridgehead atoms. The Balaban J connectivity index is 2.22. The minimum absolute atomic E-state index is 0.993. The number of nitrogens with zero attached hydrogens (tertiary/aromatic N) is 1. The minimum Gasteiger partial charge on any atom is -0.313 e. The first-order valence-electron chi connectivity index (χ1n) is 3.75. The Hall–Kier alpha value is -0.670. The Labute approximate surface area is 70.0 Å². The molecule has 0 aliphatic carbocycles. The lowest BCUT2D eigenvalue weighted by Crippen LogP contribution is -2.20. The number of aromatic nitrogens is 1. The van der Waals surface area contributed by atoms with Crippen molar-refractivity contribution in [3.63, 3.8) is 0 Å². The Kier molecular flexibility index (Phi) is 2.01. The van der Waals surface area contributed by atoms with Gasteiger partial charge >= 0.3 is 0 Å². The van der Waals surface area contributed by atoms with E-state index in [2.05, 4.69) is 21.8 Å². The Bertz CT molecular complexity index is 251. The fraction of sp³-hybridized carbons (Fsp3) is 0.375. The van der Waals surface area contributed by atoms with Crippen LogP contribution in [0.3, 0.4) is 0 Å². The topological polar surface area (TPSA) is 24.9 Å². The first-order valence-corrected chi connectivity index (χ1v) is 4.69. The van der Waals surface area contributed by atoms with E-state index in [1.54, 1.807) is 11.3 Å². The van der Waals surface area contributed by atoms with E-state index in [-0.39, 0.29) is 0 Å². The number of rotatable bonds is 1. The van der Waals surface area contributed by atoms with E-state index in [1.807, 2.05) is 5.51 Å². The monoisotopic (exact) mass is 166 g/mol. The van der Waals surface area contributed by atoms with E-state index in [1.165, 1.54) is 5.57 Å². The quantitative estimate of drug-likeness (QED) is 0.684. The third kappa shape index (κ3) is 1.49. The second-order valence-corrected chi connectivity index (χ2v) is 3.28. The number of nitrogens with one attached hydrogen (secondary N) is 1. The largest absolute Gasteiger partial charge is 0.313 e. The van der Waals surface area contributed by atoms with Gasteiger partial charge in [-0.2, -0.15) is 0 Å². The van der Waals surface area contributed by atoms with Crippen molar-refractivity contribution < 1.29 is 0 Å². The molecule has 1 aromatic heterocycles. The summed E-state index contributed by atoms with van der Waals surface area (Å²) in [6, 6.07) is 0. The average Bonchev–Trinajstić information content (AvgIpc) is 2.58. The number of thiazole rings is 1. The third-order valence-corrected chi connectivity index (χ3v) is 2.41. The molecule has 0 unspecified atom stereocenters. The van der Waals surface area contributed by atoms with Crippen molar-refractivity contribution in [2.24, 2.45) is 0 Å². The number of hydrogen-bond donors (Lipinski definition) is 1. The predicted molar refractivity (Wildman–Crippen MR) is 47.6 cm³/mol. The molecule has 1 N–H and O–H groups in total. The summed E-state index contributed by atoms with van der Waals surface area (Å²) in [5.74, 6) is 0. The van der Waals surface area contributed by atoms with Gasteiger partial charge in [0.15, 0.2) is 0 Å². The van der Waals surface area contributed by atoms with Gasteiger partial charge in [-0.15, -0.1) is 11.3 Å². The van der Waals surface area contributed by atoms with Gasteiger partial charge in [-0.1, -0.05) is 6.08 Å². The van der Waals surface area contributed by atoms with E-state index in [9.17, 15) is 0 Å². The number of hydrogen-bond acceptors (Lipinski definition) is 3. The minimum atomic E-state index is 0.993. The van der Waals surface area contributed by atoms with E-state index in [0.29, 0.717) is 0 Å². The Morgan fingerprint density at radius 3 is 3.18 bits per heavy atom. The molecular formula is C8H10N2S. The van der Waals surface area contributed by atoms with Crippen LogP contribution in [0.5, 0.6) is 0 Å². The molecule has 1 aliphatic rings. The molecule has 0 saturated carbocycles. The van der Waals surface area contributed by atoms with Crippen LogP contribution in [0.1, 0.15) is 12.1 Å². The highest BCUT2D eigenvalue weighted by Gasteiger charge is 2.05.